The van der Waals surface area contributed by atoms with Gasteiger partial charge in [0.15, 0.2) is 0 Å². The van der Waals surface area contributed by atoms with Gasteiger partial charge in [0.2, 0.25) is 0 Å². The van der Waals surface area contributed by atoms with Crippen LogP contribution in [-0.2, 0) is 6.42 Å². The van der Waals surface area contributed by atoms with Gasteiger partial charge in [-0.15, -0.1) is 0 Å². The molecule has 0 spiro atoms. The van der Waals surface area contributed by atoms with Gasteiger partial charge < -0.3 is 5.11 Å². The lowest BCUT2D eigenvalue weighted by Gasteiger charge is -2.29. The third-order valence-corrected chi connectivity index (χ3v) is 3.56. The van der Waals surface area contributed by atoms with Crippen molar-refractivity contribution in [3.05, 3.63) is 35.4 Å². The predicted octanol–water partition coefficient (Wildman–Crippen LogP) is 3.27. The van der Waals surface area contributed by atoms with Crippen LogP contribution in [0.5, 0.6) is 0 Å². The smallest absolute Gasteiger partial charge is 0.0608 e. The second kappa shape index (κ2) is 4.80. The number of hydrogen-bond acceptors (Lipinski definition) is 1. The van der Waals surface area contributed by atoms with E-state index in [-0.39, 0.29) is 6.10 Å². The van der Waals surface area contributed by atoms with Crippen LogP contribution >= 0.6 is 0 Å². The molecule has 1 nitrogen and oxygen atoms in total. The van der Waals surface area contributed by atoms with E-state index in [0.29, 0.717) is 5.92 Å². The lowest BCUT2D eigenvalue weighted by Crippen LogP contribution is -2.23. The first-order valence-corrected chi connectivity index (χ1v) is 6.08. The van der Waals surface area contributed by atoms with Crippen LogP contribution in [0.1, 0.15) is 49.7 Å². The van der Waals surface area contributed by atoms with E-state index in [4.69, 9.17) is 0 Å². The monoisotopic (exact) mass is 204 g/mol. The molecule has 1 heteroatoms. The lowest BCUT2D eigenvalue weighted by atomic mass is 9.79. The van der Waals surface area contributed by atoms with Crippen molar-refractivity contribution in [2.24, 2.45) is 0 Å². The van der Waals surface area contributed by atoms with Gasteiger partial charge in [0.1, 0.15) is 0 Å². The summed E-state index contributed by atoms with van der Waals surface area (Å²) in [5, 5.41) is 10.0. The summed E-state index contributed by atoms with van der Waals surface area (Å²) in [5.74, 6) is 0.384. The van der Waals surface area contributed by atoms with E-state index in [2.05, 4.69) is 31.2 Å². The van der Waals surface area contributed by atoms with Gasteiger partial charge in [0.25, 0.3) is 0 Å². The fraction of sp³-hybridized carbons (Fsp3) is 0.571. The molecule has 1 fully saturated rings. The summed E-state index contributed by atoms with van der Waals surface area (Å²) in [6, 6.07) is 8.57. The van der Waals surface area contributed by atoms with Crippen molar-refractivity contribution >= 4 is 0 Å². The van der Waals surface area contributed by atoms with Gasteiger partial charge in [0.05, 0.1) is 6.10 Å². The number of aryl methyl sites for hydroxylation is 1. The van der Waals surface area contributed by atoms with Crippen LogP contribution in [0.25, 0.3) is 0 Å². The summed E-state index contributed by atoms with van der Waals surface area (Å²) in [6.07, 6.45) is 5.53. The molecule has 82 valence electrons. The fourth-order valence-corrected chi connectivity index (χ4v) is 2.69. The maximum absolute atomic E-state index is 10.0. The van der Waals surface area contributed by atoms with Gasteiger partial charge >= 0.3 is 0 Å². The van der Waals surface area contributed by atoms with Crippen LogP contribution in [0.3, 0.4) is 0 Å². The summed E-state index contributed by atoms with van der Waals surface area (Å²) in [4.78, 5) is 0. The zero-order valence-corrected chi connectivity index (χ0v) is 9.45. The van der Waals surface area contributed by atoms with E-state index < -0.39 is 0 Å². The van der Waals surface area contributed by atoms with Crippen molar-refractivity contribution in [1.82, 2.24) is 0 Å². The minimum absolute atomic E-state index is 0.119. The Morgan fingerprint density at radius 3 is 2.67 bits per heavy atom. The third-order valence-electron chi connectivity index (χ3n) is 3.56. The quantitative estimate of drug-likeness (QED) is 0.784. The average Bonchev–Trinajstić information content (AvgIpc) is 2.30. The summed E-state index contributed by atoms with van der Waals surface area (Å²) >= 11 is 0. The van der Waals surface area contributed by atoms with Crippen molar-refractivity contribution in [3.8, 4) is 0 Å². The Kier molecular flexibility index (Phi) is 3.42. The van der Waals surface area contributed by atoms with Crippen LogP contribution in [0.15, 0.2) is 24.3 Å². The minimum atomic E-state index is -0.119. The molecule has 0 heterocycles. The molecule has 0 aliphatic heterocycles. The molecule has 2 rings (SSSR count). The van der Waals surface area contributed by atoms with Crippen molar-refractivity contribution in [1.29, 1.82) is 0 Å². The summed E-state index contributed by atoms with van der Waals surface area (Å²) in [7, 11) is 0. The SMILES string of the molecule is CCc1ccccc1[C@H]1CCCC[C@H]1O. The third kappa shape index (κ3) is 2.23. The molecule has 0 amide bonds. The molecule has 15 heavy (non-hydrogen) atoms. The van der Waals surface area contributed by atoms with Gasteiger partial charge in [-0.3, -0.25) is 0 Å². The largest absolute Gasteiger partial charge is 0.392 e. The van der Waals surface area contributed by atoms with E-state index in [1.54, 1.807) is 0 Å². The second-order valence-corrected chi connectivity index (χ2v) is 4.51. The van der Waals surface area contributed by atoms with Crippen molar-refractivity contribution < 1.29 is 5.11 Å². The Hall–Kier alpha value is -0.820. The molecular weight excluding hydrogens is 184 g/mol. The molecule has 0 unspecified atom stereocenters. The minimum Gasteiger partial charge on any atom is -0.392 e. The van der Waals surface area contributed by atoms with Gasteiger partial charge in [-0.2, -0.15) is 0 Å². The zero-order chi connectivity index (χ0) is 10.7. The van der Waals surface area contributed by atoms with Crippen molar-refractivity contribution in [2.75, 3.05) is 0 Å². The van der Waals surface area contributed by atoms with E-state index in [0.717, 1.165) is 19.3 Å². The lowest BCUT2D eigenvalue weighted by molar-refractivity contribution is 0.106. The molecule has 1 aromatic rings. The number of hydrogen-bond donors (Lipinski definition) is 1. The molecule has 0 aromatic heterocycles. The predicted molar refractivity (Wildman–Crippen MR) is 63.0 cm³/mol. The van der Waals surface area contributed by atoms with E-state index in [1.165, 1.54) is 24.0 Å². The maximum atomic E-state index is 10.0. The number of rotatable bonds is 2. The fourth-order valence-electron chi connectivity index (χ4n) is 2.69. The Labute approximate surface area is 92.1 Å². The first-order chi connectivity index (χ1) is 7.33. The van der Waals surface area contributed by atoms with Crippen LogP contribution in [-0.4, -0.2) is 11.2 Å². The Balaban J connectivity index is 2.26. The van der Waals surface area contributed by atoms with Crippen molar-refractivity contribution in [3.63, 3.8) is 0 Å². The Bertz CT molecular complexity index is 319. The van der Waals surface area contributed by atoms with Crippen LogP contribution < -0.4 is 0 Å². The molecule has 0 radical (unpaired) electrons. The number of benzene rings is 1. The van der Waals surface area contributed by atoms with Gasteiger partial charge in [-0.05, 0) is 30.4 Å². The maximum Gasteiger partial charge on any atom is 0.0608 e. The number of aliphatic hydroxyl groups is 1. The highest BCUT2D eigenvalue weighted by Gasteiger charge is 2.25. The molecule has 0 bridgehead atoms. The highest BCUT2D eigenvalue weighted by atomic mass is 16.3. The average molecular weight is 204 g/mol. The molecule has 1 saturated carbocycles. The Morgan fingerprint density at radius 2 is 1.93 bits per heavy atom. The first kappa shape index (κ1) is 10.7. The number of aliphatic hydroxyl groups excluding tert-OH is 1. The Morgan fingerprint density at radius 1 is 1.20 bits per heavy atom. The molecule has 1 N–H and O–H groups in total. The van der Waals surface area contributed by atoms with Gasteiger partial charge in [0, 0.05) is 5.92 Å². The molecular formula is C14H20O. The van der Waals surface area contributed by atoms with Crippen LogP contribution in [0.4, 0.5) is 0 Å². The zero-order valence-electron chi connectivity index (χ0n) is 9.45. The topological polar surface area (TPSA) is 20.2 Å². The highest BCUT2D eigenvalue weighted by Crippen LogP contribution is 2.34. The molecule has 1 aliphatic carbocycles. The summed E-state index contributed by atoms with van der Waals surface area (Å²) in [6.45, 7) is 2.19. The summed E-state index contributed by atoms with van der Waals surface area (Å²) < 4.78 is 0. The van der Waals surface area contributed by atoms with Crippen molar-refractivity contribution in [2.45, 2.75) is 51.0 Å². The van der Waals surface area contributed by atoms with E-state index in [1.807, 2.05) is 0 Å². The summed E-state index contributed by atoms with van der Waals surface area (Å²) in [5.41, 5.74) is 2.79. The van der Waals surface area contributed by atoms with Crippen LogP contribution in [0.2, 0.25) is 0 Å². The van der Waals surface area contributed by atoms with Gasteiger partial charge in [-0.25, -0.2) is 0 Å². The van der Waals surface area contributed by atoms with E-state index >= 15 is 0 Å². The molecule has 1 aromatic carbocycles. The first-order valence-electron chi connectivity index (χ1n) is 6.08. The molecule has 2 atom stereocenters. The molecule has 1 aliphatic rings. The normalized spacial score (nSPS) is 26.5. The molecule has 0 saturated heterocycles. The van der Waals surface area contributed by atoms with E-state index in [9.17, 15) is 5.11 Å². The highest BCUT2D eigenvalue weighted by molar-refractivity contribution is 5.31. The standard InChI is InChI=1S/C14H20O/c1-2-11-7-3-4-8-12(11)13-9-5-6-10-14(13)15/h3-4,7-8,13-15H,2,5-6,9-10H2,1H3/t13-,14-/m1/s1. The second-order valence-electron chi connectivity index (χ2n) is 4.51. The van der Waals surface area contributed by atoms with Gasteiger partial charge in [-0.1, -0.05) is 44.0 Å². The van der Waals surface area contributed by atoms with Crippen LogP contribution in [0, 0.1) is 0 Å².